The van der Waals surface area contributed by atoms with Crippen LogP contribution >= 0.6 is 0 Å². The summed E-state index contributed by atoms with van der Waals surface area (Å²) < 4.78 is 36.4. The van der Waals surface area contributed by atoms with Crippen molar-refractivity contribution < 1.29 is 23.1 Å². The number of carbonyl (C=O) groups excluding carboxylic acids is 1. The first-order chi connectivity index (χ1) is 7.39. The van der Waals surface area contributed by atoms with Crippen LogP contribution in [-0.2, 0) is 4.79 Å². The molecule has 1 heterocycles. The van der Waals surface area contributed by atoms with E-state index in [1.165, 1.54) is 0 Å². The van der Waals surface area contributed by atoms with Crippen molar-refractivity contribution in [3.8, 4) is 0 Å². The van der Waals surface area contributed by atoms with Crippen LogP contribution in [0.4, 0.5) is 13.2 Å². The number of fused-ring (bicyclic) bond motifs is 1. The fourth-order valence-corrected chi connectivity index (χ4v) is 2.73. The third kappa shape index (κ3) is 2.03. The van der Waals surface area contributed by atoms with Crippen molar-refractivity contribution in [2.45, 2.75) is 31.5 Å². The number of rotatable bonds is 1. The van der Waals surface area contributed by atoms with E-state index in [1.807, 2.05) is 0 Å². The molecule has 0 aromatic carbocycles. The molecule has 0 spiro atoms. The summed E-state index contributed by atoms with van der Waals surface area (Å²) in [5, 5.41) is 8.86. The molecule has 0 aromatic rings. The van der Waals surface area contributed by atoms with Crippen LogP contribution in [0.15, 0.2) is 0 Å². The van der Waals surface area contributed by atoms with Crippen LogP contribution in [-0.4, -0.2) is 41.3 Å². The summed E-state index contributed by atoms with van der Waals surface area (Å²) in [5.41, 5.74) is 0. The zero-order valence-corrected chi connectivity index (χ0v) is 8.70. The number of aliphatic hydroxyl groups excluding tert-OH is 1. The first-order valence-corrected chi connectivity index (χ1v) is 5.43. The zero-order chi connectivity index (χ0) is 11.9. The van der Waals surface area contributed by atoms with E-state index >= 15 is 0 Å². The molecule has 1 unspecified atom stereocenters. The quantitative estimate of drug-likeness (QED) is 0.743. The summed E-state index contributed by atoms with van der Waals surface area (Å²) in [6.45, 7) is 0.743. The van der Waals surface area contributed by atoms with Gasteiger partial charge in [-0.2, -0.15) is 13.2 Å². The summed E-state index contributed by atoms with van der Waals surface area (Å²) in [4.78, 5) is 12.5. The SMILES string of the molecule is O=C(C(O)C(F)(F)F)N1C[C@H]2CCC[C@H]2C1. The highest BCUT2D eigenvalue weighted by Gasteiger charge is 2.48. The minimum absolute atomic E-state index is 0.337. The molecule has 0 bridgehead atoms. The predicted molar refractivity (Wildman–Crippen MR) is 49.5 cm³/mol. The zero-order valence-electron chi connectivity index (χ0n) is 8.70. The Hall–Kier alpha value is -0.780. The Balaban J connectivity index is 1.97. The number of hydrogen-bond donors (Lipinski definition) is 1. The number of halogens is 3. The highest BCUT2D eigenvalue weighted by Crippen LogP contribution is 2.38. The Morgan fingerprint density at radius 3 is 2.19 bits per heavy atom. The summed E-state index contributed by atoms with van der Waals surface area (Å²) in [5.74, 6) is -0.518. The van der Waals surface area contributed by atoms with E-state index < -0.39 is 18.2 Å². The standard InChI is InChI=1S/C10H14F3NO2/c11-10(12,13)8(15)9(16)14-4-6-2-1-3-7(6)5-14/h6-8,15H,1-5H2/t6-,7+,8?. The fourth-order valence-electron chi connectivity index (χ4n) is 2.73. The molecule has 1 amide bonds. The Morgan fingerprint density at radius 2 is 1.75 bits per heavy atom. The number of aliphatic hydroxyl groups is 1. The van der Waals surface area contributed by atoms with Crippen LogP contribution in [0, 0.1) is 11.8 Å². The molecule has 3 nitrogen and oxygen atoms in total. The molecule has 6 heteroatoms. The molecular weight excluding hydrogens is 223 g/mol. The Bertz CT molecular complexity index is 280. The largest absolute Gasteiger partial charge is 0.423 e. The first kappa shape index (κ1) is 11.7. The lowest BCUT2D eigenvalue weighted by Crippen LogP contribution is -2.45. The van der Waals surface area contributed by atoms with E-state index in [4.69, 9.17) is 5.11 Å². The van der Waals surface area contributed by atoms with Crippen molar-refractivity contribution in [3.63, 3.8) is 0 Å². The van der Waals surface area contributed by atoms with Gasteiger partial charge in [-0.1, -0.05) is 6.42 Å². The average molecular weight is 237 g/mol. The van der Waals surface area contributed by atoms with Gasteiger partial charge in [0.1, 0.15) is 0 Å². The highest BCUT2D eigenvalue weighted by molar-refractivity contribution is 5.81. The maximum absolute atomic E-state index is 12.1. The van der Waals surface area contributed by atoms with Crippen LogP contribution in [0.1, 0.15) is 19.3 Å². The molecule has 1 aliphatic carbocycles. The second-order valence-corrected chi connectivity index (χ2v) is 4.64. The van der Waals surface area contributed by atoms with Crippen molar-refractivity contribution in [1.82, 2.24) is 4.90 Å². The Morgan fingerprint density at radius 1 is 1.25 bits per heavy atom. The maximum atomic E-state index is 12.1. The number of nitrogens with zero attached hydrogens (tertiary/aromatic N) is 1. The van der Waals surface area contributed by atoms with Crippen LogP contribution in [0.2, 0.25) is 0 Å². The van der Waals surface area contributed by atoms with Gasteiger partial charge in [0.05, 0.1) is 0 Å². The van der Waals surface area contributed by atoms with E-state index in [1.54, 1.807) is 0 Å². The van der Waals surface area contributed by atoms with Crippen molar-refractivity contribution in [3.05, 3.63) is 0 Å². The molecule has 1 saturated heterocycles. The normalized spacial score (nSPS) is 31.6. The van der Waals surface area contributed by atoms with Crippen molar-refractivity contribution >= 4 is 5.91 Å². The topological polar surface area (TPSA) is 40.5 Å². The molecule has 2 aliphatic rings. The summed E-state index contributed by atoms with van der Waals surface area (Å²) in [6, 6.07) is 0. The van der Waals surface area contributed by atoms with Gasteiger partial charge < -0.3 is 10.0 Å². The van der Waals surface area contributed by atoms with Gasteiger partial charge in [0.2, 0.25) is 6.10 Å². The van der Waals surface area contributed by atoms with E-state index in [-0.39, 0.29) is 0 Å². The average Bonchev–Trinajstić information content (AvgIpc) is 2.72. The lowest BCUT2D eigenvalue weighted by Gasteiger charge is -2.22. The van der Waals surface area contributed by atoms with Crippen LogP contribution in [0.3, 0.4) is 0 Å². The fraction of sp³-hybridized carbons (Fsp3) is 0.900. The van der Waals surface area contributed by atoms with E-state index in [0.717, 1.165) is 24.2 Å². The maximum Gasteiger partial charge on any atom is 0.423 e. The van der Waals surface area contributed by atoms with Gasteiger partial charge >= 0.3 is 6.18 Å². The number of carbonyl (C=O) groups is 1. The van der Waals surface area contributed by atoms with Gasteiger partial charge in [-0.25, -0.2) is 0 Å². The smallest absolute Gasteiger partial charge is 0.376 e. The lowest BCUT2D eigenvalue weighted by molar-refractivity contribution is -0.210. The van der Waals surface area contributed by atoms with Crippen molar-refractivity contribution in [1.29, 1.82) is 0 Å². The predicted octanol–water partition coefficient (Wildman–Crippen LogP) is 1.17. The Labute approximate surface area is 91.2 Å². The van der Waals surface area contributed by atoms with Crippen LogP contribution in [0.5, 0.6) is 0 Å². The van der Waals surface area contributed by atoms with E-state index in [2.05, 4.69) is 0 Å². The minimum Gasteiger partial charge on any atom is -0.376 e. The Kier molecular flexibility index (Phi) is 2.86. The van der Waals surface area contributed by atoms with Crippen LogP contribution < -0.4 is 0 Å². The van der Waals surface area contributed by atoms with Crippen molar-refractivity contribution in [2.75, 3.05) is 13.1 Å². The minimum atomic E-state index is -4.85. The molecule has 1 saturated carbocycles. The number of alkyl halides is 3. The lowest BCUT2D eigenvalue weighted by atomic mass is 10.0. The summed E-state index contributed by atoms with van der Waals surface area (Å²) in [7, 11) is 0. The molecule has 0 aromatic heterocycles. The molecule has 2 rings (SSSR count). The number of hydrogen-bond acceptors (Lipinski definition) is 2. The molecule has 2 fully saturated rings. The van der Waals surface area contributed by atoms with Gasteiger partial charge in [-0.05, 0) is 24.7 Å². The molecule has 0 radical (unpaired) electrons. The molecule has 92 valence electrons. The third-order valence-corrected chi connectivity index (χ3v) is 3.58. The summed E-state index contributed by atoms with van der Waals surface area (Å²) >= 11 is 0. The molecule has 1 N–H and O–H groups in total. The van der Waals surface area contributed by atoms with E-state index in [0.29, 0.717) is 24.9 Å². The second kappa shape index (κ2) is 3.91. The molecule has 3 atom stereocenters. The highest BCUT2D eigenvalue weighted by atomic mass is 19.4. The molecule has 16 heavy (non-hydrogen) atoms. The van der Waals surface area contributed by atoms with Crippen molar-refractivity contribution in [2.24, 2.45) is 11.8 Å². The van der Waals surface area contributed by atoms with Gasteiger partial charge in [-0.15, -0.1) is 0 Å². The van der Waals surface area contributed by atoms with E-state index in [9.17, 15) is 18.0 Å². The monoisotopic (exact) mass is 237 g/mol. The third-order valence-electron chi connectivity index (χ3n) is 3.58. The summed E-state index contributed by atoms with van der Waals surface area (Å²) in [6.07, 6.45) is -4.65. The number of likely N-dealkylation sites (tertiary alicyclic amines) is 1. The van der Waals surface area contributed by atoms with Gasteiger partial charge in [0.15, 0.2) is 0 Å². The van der Waals surface area contributed by atoms with Gasteiger partial charge in [-0.3, -0.25) is 4.79 Å². The number of amides is 1. The molecule has 1 aliphatic heterocycles. The molecular formula is C10H14F3NO2. The van der Waals surface area contributed by atoms with Gasteiger partial charge in [0.25, 0.3) is 5.91 Å². The second-order valence-electron chi connectivity index (χ2n) is 4.64. The van der Waals surface area contributed by atoms with Gasteiger partial charge in [0, 0.05) is 13.1 Å². The van der Waals surface area contributed by atoms with Crippen LogP contribution in [0.25, 0.3) is 0 Å². The first-order valence-electron chi connectivity index (χ1n) is 5.43.